The molecule has 0 aromatic rings. The van der Waals surface area contributed by atoms with Gasteiger partial charge in [0.25, 0.3) is 0 Å². The highest BCUT2D eigenvalue weighted by atomic mass is 16.3. The molecule has 2 N–H and O–H groups in total. The number of hydrogen-bond acceptors (Lipinski definition) is 3. The molecule has 0 unspecified atom stereocenters. The van der Waals surface area contributed by atoms with Crippen LogP contribution in [0.25, 0.3) is 0 Å². The lowest BCUT2D eigenvalue weighted by atomic mass is 9.84. The standard InChI is InChI=1S/C18H34N2O2/c1-17(2,3)13-16(21)20-11-7-15(8-12-20)19-14-18(22)9-5-4-6-10-18/h15,19,22H,4-14H2,1-3H3. The van der Waals surface area contributed by atoms with E-state index in [0.29, 0.717) is 19.0 Å². The molecule has 0 aromatic heterocycles. The van der Waals surface area contributed by atoms with Crippen molar-refractivity contribution < 1.29 is 9.90 Å². The van der Waals surface area contributed by atoms with E-state index in [1.807, 2.05) is 4.90 Å². The van der Waals surface area contributed by atoms with Crippen molar-refractivity contribution in [2.75, 3.05) is 19.6 Å². The molecule has 4 nitrogen and oxygen atoms in total. The molecule has 1 saturated heterocycles. The minimum Gasteiger partial charge on any atom is -0.389 e. The Bertz CT molecular complexity index is 362. The van der Waals surface area contributed by atoms with Gasteiger partial charge in [-0.05, 0) is 31.1 Å². The minimum absolute atomic E-state index is 0.0659. The Morgan fingerprint density at radius 2 is 1.77 bits per heavy atom. The van der Waals surface area contributed by atoms with Crippen molar-refractivity contribution in [1.29, 1.82) is 0 Å². The SMILES string of the molecule is CC(C)(C)CC(=O)N1CCC(NCC2(O)CCCCC2)CC1. The first-order valence-corrected chi connectivity index (χ1v) is 9.01. The second-order valence-electron chi connectivity index (χ2n) is 8.56. The fourth-order valence-corrected chi connectivity index (χ4v) is 3.62. The van der Waals surface area contributed by atoms with Crippen LogP contribution in [0.5, 0.6) is 0 Å². The molecule has 0 aromatic carbocycles. The van der Waals surface area contributed by atoms with Crippen LogP contribution in [0.4, 0.5) is 0 Å². The molecule has 2 rings (SSSR count). The van der Waals surface area contributed by atoms with E-state index in [4.69, 9.17) is 0 Å². The van der Waals surface area contributed by atoms with Gasteiger partial charge in [0.2, 0.25) is 5.91 Å². The van der Waals surface area contributed by atoms with Crippen LogP contribution in [-0.2, 0) is 4.79 Å². The summed E-state index contributed by atoms with van der Waals surface area (Å²) in [6, 6.07) is 0.449. The number of amides is 1. The second kappa shape index (κ2) is 7.31. The van der Waals surface area contributed by atoms with Crippen LogP contribution in [0.3, 0.4) is 0 Å². The molecule has 0 bridgehead atoms. The first-order valence-electron chi connectivity index (χ1n) is 9.01. The number of aliphatic hydroxyl groups is 1. The molecule has 1 heterocycles. The summed E-state index contributed by atoms with van der Waals surface area (Å²) in [6.45, 7) is 8.77. The molecule has 1 saturated carbocycles. The van der Waals surface area contributed by atoms with Gasteiger partial charge < -0.3 is 15.3 Å². The van der Waals surface area contributed by atoms with Crippen LogP contribution in [0, 0.1) is 5.41 Å². The van der Waals surface area contributed by atoms with Gasteiger partial charge in [-0.15, -0.1) is 0 Å². The van der Waals surface area contributed by atoms with Crippen LogP contribution in [-0.4, -0.2) is 47.2 Å². The third kappa shape index (κ3) is 5.54. The van der Waals surface area contributed by atoms with E-state index < -0.39 is 5.60 Å². The fraction of sp³-hybridized carbons (Fsp3) is 0.944. The van der Waals surface area contributed by atoms with Crippen molar-refractivity contribution in [3.8, 4) is 0 Å². The summed E-state index contributed by atoms with van der Waals surface area (Å²) < 4.78 is 0. The smallest absolute Gasteiger partial charge is 0.223 e. The van der Waals surface area contributed by atoms with Gasteiger partial charge in [0.1, 0.15) is 0 Å². The molecule has 0 radical (unpaired) electrons. The van der Waals surface area contributed by atoms with E-state index in [1.54, 1.807) is 0 Å². The summed E-state index contributed by atoms with van der Waals surface area (Å²) in [6.07, 6.45) is 8.07. The summed E-state index contributed by atoms with van der Waals surface area (Å²) in [5.41, 5.74) is -0.423. The van der Waals surface area contributed by atoms with Crippen LogP contribution in [0.15, 0.2) is 0 Å². The van der Waals surface area contributed by atoms with E-state index in [-0.39, 0.29) is 11.3 Å². The third-order valence-electron chi connectivity index (χ3n) is 5.03. The van der Waals surface area contributed by atoms with Gasteiger partial charge in [-0.2, -0.15) is 0 Å². The first kappa shape index (κ1) is 17.7. The highest BCUT2D eigenvalue weighted by Crippen LogP contribution is 2.28. The van der Waals surface area contributed by atoms with E-state index >= 15 is 0 Å². The summed E-state index contributed by atoms with van der Waals surface area (Å²) in [4.78, 5) is 14.3. The molecule has 128 valence electrons. The van der Waals surface area contributed by atoms with Gasteiger partial charge in [0.05, 0.1) is 5.60 Å². The quantitative estimate of drug-likeness (QED) is 0.839. The zero-order valence-corrected chi connectivity index (χ0v) is 14.7. The van der Waals surface area contributed by atoms with E-state index in [9.17, 15) is 9.90 Å². The van der Waals surface area contributed by atoms with Crippen molar-refractivity contribution in [3.63, 3.8) is 0 Å². The average Bonchev–Trinajstić information content (AvgIpc) is 2.45. The highest BCUT2D eigenvalue weighted by Gasteiger charge is 2.31. The molecule has 1 amide bonds. The van der Waals surface area contributed by atoms with Gasteiger partial charge >= 0.3 is 0 Å². The lowest BCUT2D eigenvalue weighted by Gasteiger charge is -2.37. The molecule has 4 heteroatoms. The molecule has 0 atom stereocenters. The molecule has 0 spiro atoms. The Balaban J connectivity index is 1.70. The predicted octanol–water partition coefficient (Wildman–Crippen LogP) is 2.70. The van der Waals surface area contributed by atoms with Gasteiger partial charge in [0, 0.05) is 32.1 Å². The second-order valence-corrected chi connectivity index (χ2v) is 8.56. The minimum atomic E-state index is -0.489. The van der Waals surface area contributed by atoms with E-state index in [2.05, 4.69) is 26.1 Å². The number of carbonyl (C=O) groups is 1. The molecule has 1 aliphatic carbocycles. The Morgan fingerprint density at radius 3 is 2.32 bits per heavy atom. The Labute approximate surface area is 135 Å². The van der Waals surface area contributed by atoms with Crippen molar-refractivity contribution in [3.05, 3.63) is 0 Å². The third-order valence-corrected chi connectivity index (χ3v) is 5.03. The highest BCUT2D eigenvalue weighted by molar-refractivity contribution is 5.76. The predicted molar refractivity (Wildman–Crippen MR) is 89.7 cm³/mol. The normalized spacial score (nSPS) is 23.5. The average molecular weight is 310 g/mol. The number of carbonyl (C=O) groups excluding carboxylic acids is 1. The Morgan fingerprint density at radius 1 is 1.18 bits per heavy atom. The van der Waals surface area contributed by atoms with Crippen molar-refractivity contribution >= 4 is 5.91 Å². The largest absolute Gasteiger partial charge is 0.389 e. The topological polar surface area (TPSA) is 52.6 Å². The molecule has 22 heavy (non-hydrogen) atoms. The molecule has 1 aliphatic heterocycles. The summed E-state index contributed by atoms with van der Waals surface area (Å²) in [5.74, 6) is 0.289. The summed E-state index contributed by atoms with van der Waals surface area (Å²) >= 11 is 0. The maximum atomic E-state index is 12.2. The van der Waals surface area contributed by atoms with Gasteiger partial charge in [-0.25, -0.2) is 0 Å². The summed E-state index contributed by atoms with van der Waals surface area (Å²) in [7, 11) is 0. The van der Waals surface area contributed by atoms with Crippen LogP contribution >= 0.6 is 0 Å². The fourth-order valence-electron chi connectivity index (χ4n) is 3.62. The number of nitrogens with zero attached hydrogens (tertiary/aromatic N) is 1. The molecule has 2 aliphatic rings. The summed E-state index contributed by atoms with van der Waals surface area (Å²) in [5, 5.41) is 14.1. The zero-order chi connectivity index (χ0) is 16.2. The maximum Gasteiger partial charge on any atom is 0.223 e. The lowest BCUT2D eigenvalue weighted by Crippen LogP contribution is -2.50. The monoisotopic (exact) mass is 310 g/mol. The molecular formula is C18H34N2O2. The van der Waals surface area contributed by atoms with Crippen molar-refractivity contribution in [1.82, 2.24) is 10.2 Å². The number of hydrogen-bond donors (Lipinski definition) is 2. The van der Waals surface area contributed by atoms with Crippen LogP contribution < -0.4 is 5.32 Å². The van der Waals surface area contributed by atoms with Crippen LogP contribution in [0.2, 0.25) is 0 Å². The maximum absolute atomic E-state index is 12.2. The van der Waals surface area contributed by atoms with E-state index in [0.717, 1.165) is 51.6 Å². The van der Waals surface area contributed by atoms with E-state index in [1.165, 1.54) is 6.42 Å². The molecular weight excluding hydrogens is 276 g/mol. The van der Waals surface area contributed by atoms with Crippen LogP contribution in [0.1, 0.15) is 72.1 Å². The van der Waals surface area contributed by atoms with Crippen molar-refractivity contribution in [2.45, 2.75) is 83.8 Å². The number of rotatable bonds is 4. The zero-order valence-electron chi connectivity index (χ0n) is 14.7. The molecule has 2 fully saturated rings. The Hall–Kier alpha value is -0.610. The van der Waals surface area contributed by atoms with Crippen molar-refractivity contribution in [2.24, 2.45) is 5.41 Å². The first-order chi connectivity index (χ1) is 10.3. The number of piperidine rings is 1. The number of nitrogens with one attached hydrogen (secondary N) is 1. The lowest BCUT2D eigenvalue weighted by molar-refractivity contribution is -0.134. The van der Waals surface area contributed by atoms with Gasteiger partial charge in [-0.3, -0.25) is 4.79 Å². The van der Waals surface area contributed by atoms with Gasteiger partial charge in [0.15, 0.2) is 0 Å². The van der Waals surface area contributed by atoms with Gasteiger partial charge in [-0.1, -0.05) is 40.0 Å². The Kier molecular flexibility index (Phi) is 5.89. The number of likely N-dealkylation sites (tertiary alicyclic amines) is 1.